The van der Waals surface area contributed by atoms with Gasteiger partial charge in [-0.2, -0.15) is 0 Å². The highest BCUT2D eigenvalue weighted by atomic mass is 127. The third kappa shape index (κ3) is 4.21. The van der Waals surface area contributed by atoms with Crippen LogP contribution in [0.15, 0.2) is 48.5 Å². The van der Waals surface area contributed by atoms with E-state index in [1.54, 1.807) is 0 Å². The van der Waals surface area contributed by atoms with Crippen molar-refractivity contribution < 1.29 is 4.79 Å². The smallest absolute Gasteiger partial charge is 0.255 e. The van der Waals surface area contributed by atoms with E-state index in [4.69, 9.17) is 11.6 Å². The van der Waals surface area contributed by atoms with Crippen molar-refractivity contribution in [3.05, 3.63) is 63.2 Å². The Kier molecular flexibility index (Phi) is 5.22. The topological polar surface area (TPSA) is 29.1 Å². The molecule has 0 spiro atoms. The Morgan fingerprint density at radius 3 is 2.26 bits per heavy atom. The first kappa shape index (κ1) is 14.3. The molecule has 0 radical (unpaired) electrons. The summed E-state index contributed by atoms with van der Waals surface area (Å²) in [5, 5.41) is 2.87. The average Bonchev–Trinajstić information content (AvgIpc) is 2.42. The van der Waals surface area contributed by atoms with Gasteiger partial charge in [0.2, 0.25) is 0 Å². The number of hydrogen-bond acceptors (Lipinski definition) is 1. The monoisotopic (exact) mass is 385 g/mol. The molecule has 0 heterocycles. The molecule has 0 aliphatic rings. The Morgan fingerprint density at radius 1 is 1.05 bits per heavy atom. The highest BCUT2D eigenvalue weighted by molar-refractivity contribution is 14.1. The Bertz CT molecular complexity index is 551. The van der Waals surface area contributed by atoms with Gasteiger partial charge in [-0.1, -0.05) is 12.1 Å². The van der Waals surface area contributed by atoms with Gasteiger partial charge in [-0.15, -0.1) is 11.6 Å². The SMILES string of the molecule is O=C(Nc1ccc(CCCl)cc1)c1ccc(I)cc1. The van der Waals surface area contributed by atoms with Crippen LogP contribution in [0.3, 0.4) is 0 Å². The molecule has 98 valence electrons. The molecule has 0 atom stereocenters. The summed E-state index contributed by atoms with van der Waals surface area (Å²) in [7, 11) is 0. The number of carbonyl (C=O) groups is 1. The molecule has 2 nitrogen and oxygen atoms in total. The fraction of sp³-hybridized carbons (Fsp3) is 0.133. The van der Waals surface area contributed by atoms with Crippen LogP contribution in [0.5, 0.6) is 0 Å². The Labute approximate surface area is 131 Å². The first-order valence-corrected chi connectivity index (χ1v) is 7.52. The summed E-state index contributed by atoms with van der Waals surface area (Å²) >= 11 is 7.89. The summed E-state index contributed by atoms with van der Waals surface area (Å²) in [5.74, 6) is 0.510. The quantitative estimate of drug-likeness (QED) is 0.616. The Balaban J connectivity index is 2.04. The molecule has 2 aromatic rings. The molecule has 0 bridgehead atoms. The van der Waals surface area contributed by atoms with E-state index in [9.17, 15) is 4.79 Å². The number of nitrogens with one attached hydrogen (secondary N) is 1. The van der Waals surface area contributed by atoms with E-state index < -0.39 is 0 Å². The van der Waals surface area contributed by atoms with Crippen molar-refractivity contribution in [2.45, 2.75) is 6.42 Å². The lowest BCUT2D eigenvalue weighted by molar-refractivity contribution is 0.102. The fourth-order valence-corrected chi connectivity index (χ4v) is 2.25. The number of anilines is 1. The number of benzene rings is 2. The summed E-state index contributed by atoms with van der Waals surface area (Å²) in [6.45, 7) is 0. The lowest BCUT2D eigenvalue weighted by Gasteiger charge is -2.06. The van der Waals surface area contributed by atoms with E-state index in [0.29, 0.717) is 11.4 Å². The van der Waals surface area contributed by atoms with Crippen LogP contribution < -0.4 is 5.32 Å². The second-order valence-corrected chi connectivity index (χ2v) is 5.72. The van der Waals surface area contributed by atoms with Crippen LogP contribution in [0.2, 0.25) is 0 Å². The molecule has 0 unspecified atom stereocenters. The van der Waals surface area contributed by atoms with E-state index in [2.05, 4.69) is 27.9 Å². The minimum atomic E-state index is -0.0958. The normalized spacial score (nSPS) is 10.2. The van der Waals surface area contributed by atoms with Gasteiger partial charge in [-0.3, -0.25) is 4.79 Å². The lowest BCUT2D eigenvalue weighted by atomic mass is 10.1. The third-order valence-electron chi connectivity index (χ3n) is 2.70. The standard InChI is InChI=1S/C15H13ClINO/c16-10-9-11-1-7-14(8-2-11)18-15(19)12-3-5-13(17)6-4-12/h1-8H,9-10H2,(H,18,19). The maximum absolute atomic E-state index is 12.0. The summed E-state index contributed by atoms with van der Waals surface area (Å²) in [4.78, 5) is 12.0. The lowest BCUT2D eigenvalue weighted by Crippen LogP contribution is -2.11. The highest BCUT2D eigenvalue weighted by Crippen LogP contribution is 2.13. The second kappa shape index (κ2) is 6.91. The molecule has 0 aliphatic carbocycles. The van der Waals surface area contributed by atoms with E-state index in [1.165, 1.54) is 5.56 Å². The number of amides is 1. The van der Waals surface area contributed by atoms with Crippen LogP contribution >= 0.6 is 34.2 Å². The van der Waals surface area contributed by atoms with Gasteiger partial charge in [0.25, 0.3) is 5.91 Å². The van der Waals surface area contributed by atoms with Crippen molar-refractivity contribution in [1.29, 1.82) is 0 Å². The van der Waals surface area contributed by atoms with E-state index in [-0.39, 0.29) is 5.91 Å². The molecule has 4 heteroatoms. The van der Waals surface area contributed by atoms with Crippen molar-refractivity contribution in [3.8, 4) is 0 Å². The molecule has 19 heavy (non-hydrogen) atoms. The maximum atomic E-state index is 12.0. The van der Waals surface area contributed by atoms with Gasteiger partial charge >= 0.3 is 0 Å². The van der Waals surface area contributed by atoms with Gasteiger partial charge in [-0.05, 0) is 71.0 Å². The molecule has 2 aromatic carbocycles. The second-order valence-electron chi connectivity index (χ2n) is 4.10. The largest absolute Gasteiger partial charge is 0.322 e. The zero-order chi connectivity index (χ0) is 13.7. The molecular formula is C15H13ClINO. The van der Waals surface area contributed by atoms with Gasteiger partial charge < -0.3 is 5.32 Å². The number of hydrogen-bond donors (Lipinski definition) is 1. The van der Waals surface area contributed by atoms with Crippen LogP contribution in [-0.2, 0) is 6.42 Å². The summed E-state index contributed by atoms with van der Waals surface area (Å²) in [6.07, 6.45) is 0.840. The van der Waals surface area contributed by atoms with Crippen LogP contribution in [0.4, 0.5) is 5.69 Å². The van der Waals surface area contributed by atoms with Crippen LogP contribution in [0.25, 0.3) is 0 Å². The number of carbonyl (C=O) groups excluding carboxylic acids is 1. The van der Waals surface area contributed by atoms with E-state index in [0.717, 1.165) is 15.7 Å². The molecule has 0 saturated heterocycles. The van der Waals surface area contributed by atoms with E-state index in [1.807, 2.05) is 48.5 Å². The number of rotatable bonds is 4. The van der Waals surface area contributed by atoms with Gasteiger partial charge in [0.15, 0.2) is 0 Å². The Hall–Kier alpha value is -1.07. The molecule has 0 fully saturated rings. The summed E-state index contributed by atoms with van der Waals surface area (Å²) in [5.41, 5.74) is 2.62. The predicted molar refractivity (Wildman–Crippen MR) is 88.0 cm³/mol. The first-order chi connectivity index (χ1) is 9.19. The van der Waals surface area contributed by atoms with Crippen molar-refractivity contribution in [2.75, 3.05) is 11.2 Å². The summed E-state index contributed by atoms with van der Waals surface area (Å²) in [6, 6.07) is 15.2. The number of alkyl halides is 1. The van der Waals surface area contributed by atoms with Crippen molar-refractivity contribution in [1.82, 2.24) is 0 Å². The van der Waals surface area contributed by atoms with Crippen molar-refractivity contribution in [2.24, 2.45) is 0 Å². The average molecular weight is 386 g/mol. The number of halogens is 2. The third-order valence-corrected chi connectivity index (χ3v) is 3.61. The van der Waals surface area contributed by atoms with E-state index >= 15 is 0 Å². The summed E-state index contributed by atoms with van der Waals surface area (Å²) < 4.78 is 1.11. The molecular weight excluding hydrogens is 373 g/mol. The minimum absolute atomic E-state index is 0.0958. The van der Waals surface area contributed by atoms with Crippen molar-refractivity contribution in [3.63, 3.8) is 0 Å². The predicted octanol–water partition coefficient (Wildman–Crippen LogP) is 4.32. The molecule has 1 N–H and O–H groups in total. The number of aryl methyl sites for hydroxylation is 1. The molecule has 1 amide bonds. The maximum Gasteiger partial charge on any atom is 0.255 e. The van der Waals surface area contributed by atoms with Crippen molar-refractivity contribution >= 4 is 45.8 Å². The zero-order valence-corrected chi connectivity index (χ0v) is 13.1. The highest BCUT2D eigenvalue weighted by Gasteiger charge is 2.05. The zero-order valence-electron chi connectivity index (χ0n) is 10.2. The van der Waals surface area contributed by atoms with Gasteiger partial charge in [0.1, 0.15) is 0 Å². The van der Waals surface area contributed by atoms with Gasteiger partial charge in [0.05, 0.1) is 0 Å². The van der Waals surface area contributed by atoms with Gasteiger partial charge in [0, 0.05) is 20.7 Å². The van der Waals surface area contributed by atoms with Crippen LogP contribution in [0.1, 0.15) is 15.9 Å². The van der Waals surface area contributed by atoms with Gasteiger partial charge in [-0.25, -0.2) is 0 Å². The molecule has 2 rings (SSSR count). The minimum Gasteiger partial charge on any atom is -0.322 e. The fourth-order valence-electron chi connectivity index (χ4n) is 1.67. The molecule has 0 saturated carbocycles. The van der Waals surface area contributed by atoms with Crippen LogP contribution in [-0.4, -0.2) is 11.8 Å². The van der Waals surface area contributed by atoms with Crippen LogP contribution in [0, 0.1) is 3.57 Å². The Morgan fingerprint density at radius 2 is 1.68 bits per heavy atom. The first-order valence-electron chi connectivity index (χ1n) is 5.91. The molecule has 0 aliphatic heterocycles. The molecule has 0 aromatic heterocycles.